The first-order valence-corrected chi connectivity index (χ1v) is 0.816. The molecule has 0 saturated carbocycles. The molecular formula is C3H6CuLi. The zero-order valence-corrected chi connectivity index (χ0v) is 4.23. The van der Waals surface area contributed by atoms with E-state index in [0.29, 0.717) is 0 Å². The Labute approximate surface area is 57.2 Å². The maximum Gasteiger partial charge on any atom is 1.00 e. The topological polar surface area (TPSA) is 0 Å². The first kappa shape index (κ1) is 17.2. The van der Waals surface area contributed by atoms with E-state index in [-0.39, 0.29) is 37.4 Å². The van der Waals surface area contributed by atoms with Gasteiger partial charge in [-0.3, -0.25) is 0 Å². The Hall–Kier alpha value is 0.727. The van der Waals surface area contributed by atoms with Gasteiger partial charge in [0.2, 0.25) is 0 Å². The van der Waals surface area contributed by atoms with Crippen molar-refractivity contribution in [2.75, 3.05) is 0 Å². The number of allylic oxidation sites excluding steroid dienone is 1. The monoisotopic (exact) mass is 112 g/mol. The standard InChI is InChI=1S/C3H5.Cu.Li.H/c1-3-2;;;/h3H,1-2H2;;;/q-1;2*+1;-1. The zero-order valence-electron chi connectivity index (χ0n) is 4.29. The van der Waals surface area contributed by atoms with Crippen molar-refractivity contribution in [1.29, 1.82) is 0 Å². The molecule has 0 atom stereocenters. The summed E-state index contributed by atoms with van der Waals surface area (Å²) in [5, 5.41) is 0. The van der Waals surface area contributed by atoms with E-state index in [9.17, 15) is 0 Å². The van der Waals surface area contributed by atoms with Gasteiger partial charge in [0.15, 0.2) is 0 Å². The van der Waals surface area contributed by atoms with Crippen LogP contribution in [0, 0.1) is 6.92 Å². The van der Waals surface area contributed by atoms with Gasteiger partial charge in [-0.2, -0.15) is 0 Å². The fourth-order valence-corrected chi connectivity index (χ4v) is 0. The molecule has 0 aliphatic rings. The molecule has 0 unspecified atom stereocenters. The van der Waals surface area contributed by atoms with Crippen molar-refractivity contribution < 1.29 is 37.4 Å². The van der Waals surface area contributed by atoms with E-state index >= 15 is 0 Å². The van der Waals surface area contributed by atoms with E-state index in [1.807, 2.05) is 0 Å². The van der Waals surface area contributed by atoms with Gasteiger partial charge in [0.05, 0.1) is 0 Å². The van der Waals surface area contributed by atoms with E-state index in [2.05, 4.69) is 13.5 Å². The molecule has 30 valence electrons. The Morgan fingerprint density at radius 3 is 1.80 bits per heavy atom. The molecule has 0 nitrogen and oxygen atoms in total. The van der Waals surface area contributed by atoms with Gasteiger partial charge >= 0.3 is 35.9 Å². The van der Waals surface area contributed by atoms with Crippen molar-refractivity contribution in [2.24, 2.45) is 0 Å². The van der Waals surface area contributed by atoms with E-state index in [0.717, 1.165) is 0 Å². The molecule has 0 bridgehead atoms. The van der Waals surface area contributed by atoms with E-state index < -0.39 is 0 Å². The summed E-state index contributed by atoms with van der Waals surface area (Å²) in [5.41, 5.74) is 0. The summed E-state index contributed by atoms with van der Waals surface area (Å²) in [6.45, 7) is 6.50. The summed E-state index contributed by atoms with van der Waals surface area (Å²) in [5.74, 6) is 0. The second-order valence-electron chi connectivity index (χ2n) is 0.289. The van der Waals surface area contributed by atoms with Gasteiger partial charge in [-0.25, -0.2) is 19.6 Å². The molecule has 0 amide bonds. The predicted octanol–water partition coefficient (Wildman–Crippen LogP) is -1.88. The molecule has 0 N–H and O–H groups in total. The number of hydrogen-bond acceptors (Lipinski definition) is 0. The quantitative estimate of drug-likeness (QED) is 0.254. The van der Waals surface area contributed by atoms with Gasteiger partial charge in [-0.05, 0) is 0 Å². The summed E-state index contributed by atoms with van der Waals surface area (Å²) in [6, 6.07) is 0. The predicted molar refractivity (Wildman–Crippen MR) is 16.7 cm³/mol. The summed E-state index contributed by atoms with van der Waals surface area (Å²) < 4.78 is 0. The molecule has 0 spiro atoms. The first-order valence-electron chi connectivity index (χ1n) is 0.816. The Morgan fingerprint density at radius 1 is 1.80 bits per heavy atom. The molecule has 0 aromatic rings. The first-order chi connectivity index (χ1) is 1.41. The Bertz CT molecular complexity index is 18.3. The minimum absolute atomic E-state index is 0. The van der Waals surface area contributed by atoms with Crippen LogP contribution in [-0.4, -0.2) is 0 Å². The minimum atomic E-state index is 0. The Kier molecular flexibility index (Phi) is 75.8. The molecule has 0 aliphatic heterocycles. The summed E-state index contributed by atoms with van der Waals surface area (Å²) >= 11 is 0. The van der Waals surface area contributed by atoms with Crippen LogP contribution in [0.2, 0.25) is 0 Å². The molecule has 5 heavy (non-hydrogen) atoms. The second-order valence-corrected chi connectivity index (χ2v) is 0.289. The molecule has 0 aliphatic carbocycles. The van der Waals surface area contributed by atoms with Crippen LogP contribution in [0.3, 0.4) is 0 Å². The van der Waals surface area contributed by atoms with E-state index in [1.165, 1.54) is 6.08 Å². The Balaban J connectivity index is -0.00000000667. The zero-order chi connectivity index (χ0) is 2.71. The maximum atomic E-state index is 3.25. The summed E-state index contributed by atoms with van der Waals surface area (Å²) in [4.78, 5) is 0. The van der Waals surface area contributed by atoms with Gasteiger partial charge < -0.3 is 1.43 Å². The molecule has 0 fully saturated rings. The molecule has 0 aromatic heterocycles. The van der Waals surface area contributed by atoms with Gasteiger partial charge in [0, 0.05) is 0 Å². The molecule has 2 heteroatoms. The van der Waals surface area contributed by atoms with Crippen molar-refractivity contribution >= 4 is 0 Å². The molecule has 0 rings (SSSR count). The van der Waals surface area contributed by atoms with Crippen molar-refractivity contribution in [2.45, 2.75) is 0 Å². The van der Waals surface area contributed by atoms with Gasteiger partial charge in [0.1, 0.15) is 0 Å². The average Bonchev–Trinajstić information content (AvgIpc) is 0.918. The average molecular weight is 113 g/mol. The van der Waals surface area contributed by atoms with Crippen LogP contribution in [0.5, 0.6) is 0 Å². The maximum absolute atomic E-state index is 3.25. The van der Waals surface area contributed by atoms with Crippen LogP contribution in [0.25, 0.3) is 0 Å². The normalized spacial score (nSPS) is 2.40. The number of hydrogen-bond donors (Lipinski definition) is 0. The fraction of sp³-hybridized carbons (Fsp3) is 0. The molecule has 0 heterocycles. The minimum Gasteiger partial charge on any atom is -1.00 e. The van der Waals surface area contributed by atoms with Crippen LogP contribution in [-0.2, 0) is 17.1 Å². The van der Waals surface area contributed by atoms with Crippen molar-refractivity contribution in [3.8, 4) is 0 Å². The van der Waals surface area contributed by atoms with Crippen molar-refractivity contribution in [1.82, 2.24) is 0 Å². The van der Waals surface area contributed by atoms with Gasteiger partial charge in [-0.1, -0.05) is 0 Å². The van der Waals surface area contributed by atoms with Crippen LogP contribution in [0.15, 0.2) is 12.7 Å². The molecular weight excluding hydrogens is 107 g/mol. The third-order valence-corrected chi connectivity index (χ3v) is 0. The van der Waals surface area contributed by atoms with Crippen molar-refractivity contribution in [3.05, 3.63) is 19.6 Å². The molecule has 0 saturated heterocycles. The van der Waals surface area contributed by atoms with Gasteiger partial charge in [-0.15, -0.1) is 0 Å². The summed E-state index contributed by atoms with van der Waals surface area (Å²) in [6.07, 6.45) is 1.50. The van der Waals surface area contributed by atoms with Crippen molar-refractivity contribution in [3.63, 3.8) is 0 Å². The van der Waals surface area contributed by atoms with Gasteiger partial charge in [0.25, 0.3) is 0 Å². The third-order valence-electron chi connectivity index (χ3n) is 0. The fourth-order valence-electron chi connectivity index (χ4n) is 0. The SMILES string of the molecule is C=C[CH2-].[Cu+].[H-].[Li+]. The van der Waals surface area contributed by atoms with E-state index in [1.54, 1.807) is 0 Å². The second kappa shape index (κ2) is 22.0. The van der Waals surface area contributed by atoms with Crippen LogP contribution >= 0.6 is 0 Å². The number of rotatable bonds is 0. The van der Waals surface area contributed by atoms with E-state index in [4.69, 9.17) is 0 Å². The molecule has 0 aromatic carbocycles. The van der Waals surface area contributed by atoms with Crippen LogP contribution in [0.1, 0.15) is 1.43 Å². The summed E-state index contributed by atoms with van der Waals surface area (Å²) in [7, 11) is 0. The van der Waals surface area contributed by atoms with Crippen LogP contribution in [0.4, 0.5) is 0 Å². The van der Waals surface area contributed by atoms with Crippen LogP contribution < -0.4 is 18.9 Å². The third kappa shape index (κ3) is 66.5. The smallest absolute Gasteiger partial charge is 1.00 e. The Morgan fingerprint density at radius 2 is 1.80 bits per heavy atom. The molecule has 0 radical (unpaired) electrons. The largest absolute Gasteiger partial charge is 1.00 e.